The summed E-state index contributed by atoms with van der Waals surface area (Å²) in [5, 5.41) is 2.99. The molecule has 0 nitrogen and oxygen atoms in total. The van der Waals surface area contributed by atoms with Crippen molar-refractivity contribution in [1.29, 1.82) is 0 Å². The molecule has 0 unspecified atom stereocenters. The van der Waals surface area contributed by atoms with Crippen molar-refractivity contribution < 1.29 is 0 Å². The molecule has 0 aliphatic carbocycles. The predicted octanol–water partition coefficient (Wildman–Crippen LogP) is 4.55. The topological polar surface area (TPSA) is 0 Å². The highest BCUT2D eigenvalue weighted by Gasteiger charge is 2.21. The Hall–Kier alpha value is -1.13. The summed E-state index contributed by atoms with van der Waals surface area (Å²) in [6, 6.07) is 22.0. The average molecular weight is 270 g/mol. The van der Waals surface area contributed by atoms with Crippen LogP contribution in [0.25, 0.3) is 0 Å². The van der Waals surface area contributed by atoms with Crippen molar-refractivity contribution in [3.8, 4) is 0 Å². The Morgan fingerprint density at radius 3 is 1.53 bits per heavy atom. The van der Waals surface area contributed by atoms with Crippen LogP contribution in [-0.4, -0.2) is 5.66 Å². The van der Waals surface area contributed by atoms with E-state index in [1.54, 1.807) is 0 Å². The molecule has 2 aromatic carbocycles. The molecule has 19 heavy (non-hydrogen) atoms. The molecule has 0 fully saturated rings. The SMILES string of the molecule is CC(C)C[C@H](C)P(c1ccccc1)c1ccccc1. The third-order valence-corrected chi connectivity index (χ3v) is 6.12. The Bertz CT molecular complexity index is 436. The summed E-state index contributed by atoms with van der Waals surface area (Å²) in [5.41, 5.74) is 0.722. The monoisotopic (exact) mass is 270 g/mol. The number of hydrogen-bond acceptors (Lipinski definition) is 0. The van der Waals surface area contributed by atoms with Crippen molar-refractivity contribution in [2.75, 3.05) is 0 Å². The lowest BCUT2D eigenvalue weighted by atomic mass is 10.1. The minimum atomic E-state index is -0.245. The molecule has 1 atom stereocenters. The lowest BCUT2D eigenvalue weighted by Crippen LogP contribution is -2.20. The molecule has 0 heterocycles. The van der Waals surface area contributed by atoms with Gasteiger partial charge >= 0.3 is 0 Å². The number of hydrogen-bond donors (Lipinski definition) is 0. The molecule has 0 amide bonds. The lowest BCUT2D eigenvalue weighted by molar-refractivity contribution is 0.582. The predicted molar refractivity (Wildman–Crippen MR) is 88.0 cm³/mol. The van der Waals surface area contributed by atoms with Gasteiger partial charge in [-0.3, -0.25) is 0 Å². The molecular weight excluding hydrogens is 247 g/mol. The van der Waals surface area contributed by atoms with Crippen LogP contribution in [0.3, 0.4) is 0 Å². The van der Waals surface area contributed by atoms with Crippen molar-refractivity contribution >= 4 is 18.5 Å². The second kappa shape index (κ2) is 6.87. The first-order valence-corrected chi connectivity index (χ1v) is 8.49. The maximum Gasteiger partial charge on any atom is -0.0155 e. The van der Waals surface area contributed by atoms with E-state index >= 15 is 0 Å². The first kappa shape index (κ1) is 14.3. The summed E-state index contributed by atoms with van der Waals surface area (Å²) in [6.07, 6.45) is 1.29. The molecule has 0 spiro atoms. The highest BCUT2D eigenvalue weighted by atomic mass is 31.1. The Morgan fingerprint density at radius 1 is 0.737 bits per heavy atom. The van der Waals surface area contributed by atoms with Crippen LogP contribution < -0.4 is 10.6 Å². The zero-order valence-electron chi connectivity index (χ0n) is 12.1. The molecule has 0 N–H and O–H groups in total. The summed E-state index contributed by atoms with van der Waals surface area (Å²) in [6.45, 7) is 7.05. The first-order valence-electron chi connectivity index (χ1n) is 7.08. The summed E-state index contributed by atoms with van der Waals surface area (Å²) < 4.78 is 0. The van der Waals surface area contributed by atoms with Crippen molar-refractivity contribution in [2.24, 2.45) is 5.92 Å². The van der Waals surface area contributed by atoms with E-state index in [2.05, 4.69) is 81.4 Å². The third-order valence-electron chi connectivity index (χ3n) is 3.32. The largest absolute Gasteiger partial charge is 0.0628 e. The van der Waals surface area contributed by atoms with E-state index in [-0.39, 0.29) is 7.92 Å². The van der Waals surface area contributed by atoms with Crippen molar-refractivity contribution in [3.63, 3.8) is 0 Å². The Morgan fingerprint density at radius 2 is 1.16 bits per heavy atom. The van der Waals surface area contributed by atoms with E-state index in [1.807, 2.05) is 0 Å². The molecule has 0 aromatic heterocycles. The molecule has 100 valence electrons. The second-order valence-corrected chi connectivity index (χ2v) is 8.17. The van der Waals surface area contributed by atoms with Gasteiger partial charge in [0.1, 0.15) is 0 Å². The highest BCUT2D eigenvalue weighted by molar-refractivity contribution is 7.73. The maximum atomic E-state index is 2.41. The van der Waals surface area contributed by atoms with Gasteiger partial charge in [0.25, 0.3) is 0 Å². The Kier molecular flexibility index (Phi) is 5.16. The molecule has 0 radical (unpaired) electrons. The van der Waals surface area contributed by atoms with Gasteiger partial charge in [0.2, 0.25) is 0 Å². The van der Waals surface area contributed by atoms with Gasteiger partial charge in [-0.1, -0.05) is 81.4 Å². The minimum Gasteiger partial charge on any atom is -0.0628 e. The second-order valence-electron chi connectivity index (χ2n) is 5.52. The molecule has 0 aliphatic rings. The molecule has 0 saturated carbocycles. The van der Waals surface area contributed by atoms with Gasteiger partial charge in [0, 0.05) is 0 Å². The fourth-order valence-electron chi connectivity index (χ4n) is 2.62. The number of benzene rings is 2. The molecule has 0 saturated heterocycles. The van der Waals surface area contributed by atoms with Crippen LogP contribution in [0.5, 0.6) is 0 Å². The molecule has 0 bridgehead atoms. The van der Waals surface area contributed by atoms with E-state index in [1.165, 1.54) is 17.0 Å². The zero-order valence-corrected chi connectivity index (χ0v) is 13.0. The Labute approximate surface area is 118 Å². The van der Waals surface area contributed by atoms with E-state index in [4.69, 9.17) is 0 Å². The van der Waals surface area contributed by atoms with Gasteiger partial charge in [0.15, 0.2) is 0 Å². The molecule has 2 rings (SSSR count). The van der Waals surface area contributed by atoms with Crippen LogP contribution >= 0.6 is 7.92 Å². The minimum absolute atomic E-state index is 0.245. The van der Waals surface area contributed by atoms with E-state index in [0.717, 1.165) is 11.6 Å². The molecule has 0 aliphatic heterocycles. The quantitative estimate of drug-likeness (QED) is 0.699. The summed E-state index contributed by atoms with van der Waals surface area (Å²) in [4.78, 5) is 0. The smallest absolute Gasteiger partial charge is 0.0155 e. The van der Waals surface area contributed by atoms with Gasteiger partial charge in [-0.25, -0.2) is 0 Å². The average Bonchev–Trinajstić information content (AvgIpc) is 2.40. The van der Waals surface area contributed by atoms with Crippen LogP contribution in [0.15, 0.2) is 60.7 Å². The number of rotatable bonds is 5. The van der Waals surface area contributed by atoms with Gasteiger partial charge in [0.05, 0.1) is 0 Å². The zero-order chi connectivity index (χ0) is 13.7. The maximum absolute atomic E-state index is 2.41. The van der Waals surface area contributed by atoms with Crippen LogP contribution in [0.1, 0.15) is 27.2 Å². The lowest BCUT2D eigenvalue weighted by Gasteiger charge is -2.27. The first-order chi connectivity index (χ1) is 9.18. The summed E-state index contributed by atoms with van der Waals surface area (Å²) >= 11 is 0. The fraction of sp³-hybridized carbons (Fsp3) is 0.333. The van der Waals surface area contributed by atoms with Crippen LogP contribution in [0.2, 0.25) is 0 Å². The van der Waals surface area contributed by atoms with Crippen molar-refractivity contribution in [2.45, 2.75) is 32.9 Å². The fourth-order valence-corrected chi connectivity index (χ4v) is 5.56. The van der Waals surface area contributed by atoms with Gasteiger partial charge in [-0.2, -0.15) is 0 Å². The normalized spacial score (nSPS) is 12.9. The van der Waals surface area contributed by atoms with Gasteiger partial charge in [-0.15, -0.1) is 0 Å². The van der Waals surface area contributed by atoms with Crippen molar-refractivity contribution in [1.82, 2.24) is 0 Å². The van der Waals surface area contributed by atoms with Crippen LogP contribution in [0.4, 0.5) is 0 Å². The molecular formula is C18H23P. The Balaban J connectivity index is 2.34. The van der Waals surface area contributed by atoms with E-state index in [0.29, 0.717) is 0 Å². The third kappa shape index (κ3) is 3.91. The van der Waals surface area contributed by atoms with E-state index < -0.39 is 0 Å². The van der Waals surface area contributed by atoms with Gasteiger partial charge < -0.3 is 0 Å². The van der Waals surface area contributed by atoms with E-state index in [9.17, 15) is 0 Å². The van der Waals surface area contributed by atoms with Crippen molar-refractivity contribution in [3.05, 3.63) is 60.7 Å². The molecule has 2 aromatic rings. The summed E-state index contributed by atoms with van der Waals surface area (Å²) in [7, 11) is -0.245. The highest BCUT2D eigenvalue weighted by Crippen LogP contribution is 2.41. The standard InChI is InChI=1S/C18H23P/c1-15(2)14-16(3)19(17-10-6-4-7-11-17)18-12-8-5-9-13-18/h4-13,15-16H,14H2,1-3H3/t16-/m0/s1. The van der Waals surface area contributed by atoms with Crippen LogP contribution in [-0.2, 0) is 0 Å². The summed E-state index contributed by atoms with van der Waals surface area (Å²) in [5.74, 6) is 0.757. The van der Waals surface area contributed by atoms with Crippen LogP contribution in [0, 0.1) is 5.92 Å². The van der Waals surface area contributed by atoms with Gasteiger partial charge in [-0.05, 0) is 36.5 Å². The molecule has 1 heteroatoms.